The summed E-state index contributed by atoms with van der Waals surface area (Å²) in [6.07, 6.45) is 3.18. The van der Waals surface area contributed by atoms with Gasteiger partial charge in [-0.15, -0.1) is 10.2 Å². The first-order valence-corrected chi connectivity index (χ1v) is 9.19. The van der Waals surface area contributed by atoms with Crippen molar-refractivity contribution in [3.63, 3.8) is 0 Å². The number of pyridine rings is 1. The maximum Gasteiger partial charge on any atom is 0.268 e. The van der Waals surface area contributed by atoms with Crippen molar-refractivity contribution < 1.29 is 9.18 Å². The predicted molar refractivity (Wildman–Crippen MR) is 101 cm³/mol. The van der Waals surface area contributed by atoms with Gasteiger partial charge < -0.3 is 9.88 Å². The molecule has 27 heavy (non-hydrogen) atoms. The van der Waals surface area contributed by atoms with E-state index in [1.54, 1.807) is 30.1 Å². The van der Waals surface area contributed by atoms with Crippen molar-refractivity contribution in [3.8, 4) is 5.69 Å². The molecular weight excluding hydrogens is 369 g/mol. The highest BCUT2D eigenvalue weighted by Crippen LogP contribution is 2.12. The van der Waals surface area contributed by atoms with E-state index in [0.29, 0.717) is 23.5 Å². The lowest BCUT2D eigenvalue weighted by Crippen LogP contribution is -2.34. The van der Waals surface area contributed by atoms with E-state index in [4.69, 9.17) is 0 Å². The number of aromatic nitrogens is 4. The van der Waals surface area contributed by atoms with Crippen LogP contribution in [0.4, 0.5) is 4.39 Å². The Morgan fingerprint density at radius 3 is 2.67 bits per heavy atom. The lowest BCUT2D eigenvalue weighted by atomic mass is 10.1. The van der Waals surface area contributed by atoms with Crippen LogP contribution in [0.15, 0.2) is 52.8 Å². The first-order valence-electron chi connectivity index (χ1n) is 8.20. The average Bonchev–Trinajstić information content (AvgIpc) is 3.05. The third kappa shape index (κ3) is 4.25. The molecule has 7 nitrogen and oxygen atoms in total. The zero-order chi connectivity index (χ0) is 19.4. The summed E-state index contributed by atoms with van der Waals surface area (Å²) in [6.45, 7) is 2.08. The number of rotatable bonds is 6. The second kappa shape index (κ2) is 8.17. The molecule has 2 aromatic heterocycles. The lowest BCUT2D eigenvalue weighted by Gasteiger charge is -2.11. The van der Waals surface area contributed by atoms with Crippen LogP contribution in [0.25, 0.3) is 5.69 Å². The van der Waals surface area contributed by atoms with Gasteiger partial charge in [0.25, 0.3) is 11.5 Å². The Kier molecular flexibility index (Phi) is 5.70. The number of aryl methyl sites for hydroxylation is 2. The Hall–Kier alpha value is -2.94. The number of amides is 1. The molecule has 0 aliphatic carbocycles. The van der Waals surface area contributed by atoms with Crippen LogP contribution < -0.4 is 10.9 Å². The fourth-order valence-electron chi connectivity index (χ4n) is 2.51. The van der Waals surface area contributed by atoms with Gasteiger partial charge in [0.2, 0.25) is 0 Å². The van der Waals surface area contributed by atoms with E-state index in [9.17, 15) is 14.0 Å². The topological polar surface area (TPSA) is 81.8 Å². The second-order valence-corrected chi connectivity index (χ2v) is 6.92. The minimum absolute atomic E-state index is 0.0745. The molecule has 9 heteroatoms. The number of hydrogen-bond donors (Lipinski definition) is 1. The smallest absolute Gasteiger partial charge is 0.268 e. The third-order valence-corrected chi connectivity index (χ3v) is 4.96. The van der Waals surface area contributed by atoms with Gasteiger partial charge >= 0.3 is 0 Å². The lowest BCUT2D eigenvalue weighted by molar-refractivity contribution is 0.0953. The summed E-state index contributed by atoms with van der Waals surface area (Å²) in [5, 5.41) is 11.2. The minimum atomic E-state index is -0.444. The van der Waals surface area contributed by atoms with Crippen LogP contribution in [0.2, 0.25) is 0 Å². The molecule has 1 amide bonds. The molecule has 0 bridgehead atoms. The monoisotopic (exact) mass is 387 g/mol. The molecule has 140 valence electrons. The van der Waals surface area contributed by atoms with E-state index in [1.165, 1.54) is 40.6 Å². The van der Waals surface area contributed by atoms with Crippen LogP contribution in [0.5, 0.6) is 0 Å². The Balaban J connectivity index is 1.72. The molecule has 0 radical (unpaired) electrons. The number of carbonyl (C=O) groups excluding carboxylic acids is 1. The largest absolute Gasteiger partial charge is 0.351 e. The summed E-state index contributed by atoms with van der Waals surface area (Å²) in [5.41, 5.74) is 0.704. The Morgan fingerprint density at radius 2 is 2.00 bits per heavy atom. The van der Waals surface area contributed by atoms with Crippen molar-refractivity contribution in [3.05, 3.63) is 70.2 Å². The molecule has 0 fully saturated rings. The number of hydrogen-bond acceptors (Lipinski definition) is 5. The van der Waals surface area contributed by atoms with E-state index in [-0.39, 0.29) is 5.56 Å². The standard InChI is InChI=1S/C18H18FN5O2S/c1-12-7-9-24(14-5-3-13(19)4-6-14)17(26)15(12)16(25)20-8-10-27-18-22-21-11-23(18)2/h3-7,9,11H,8,10H2,1-2H3,(H,20,25). The zero-order valence-corrected chi connectivity index (χ0v) is 15.7. The number of thioether (sulfide) groups is 1. The highest BCUT2D eigenvalue weighted by Gasteiger charge is 2.16. The van der Waals surface area contributed by atoms with Crippen LogP contribution in [0.1, 0.15) is 15.9 Å². The summed E-state index contributed by atoms with van der Waals surface area (Å²) in [4.78, 5) is 25.3. The fraction of sp³-hybridized carbons (Fsp3) is 0.222. The van der Waals surface area contributed by atoms with Crippen molar-refractivity contribution in [1.29, 1.82) is 0 Å². The molecule has 0 atom stereocenters. The maximum atomic E-state index is 13.1. The quantitative estimate of drug-likeness (QED) is 0.516. The zero-order valence-electron chi connectivity index (χ0n) is 14.8. The van der Waals surface area contributed by atoms with Gasteiger partial charge in [-0.25, -0.2) is 4.39 Å². The molecule has 0 aliphatic heterocycles. The van der Waals surface area contributed by atoms with Gasteiger partial charge in [0.05, 0.1) is 0 Å². The Morgan fingerprint density at radius 1 is 1.26 bits per heavy atom. The highest BCUT2D eigenvalue weighted by molar-refractivity contribution is 7.99. The molecule has 3 aromatic rings. The van der Waals surface area contributed by atoms with Crippen LogP contribution >= 0.6 is 11.8 Å². The maximum absolute atomic E-state index is 13.1. The van der Waals surface area contributed by atoms with E-state index in [0.717, 1.165) is 5.16 Å². The molecule has 1 N–H and O–H groups in total. The van der Waals surface area contributed by atoms with Gasteiger partial charge in [0.15, 0.2) is 5.16 Å². The van der Waals surface area contributed by atoms with Crippen LogP contribution in [-0.4, -0.2) is 37.5 Å². The molecule has 0 unspecified atom stereocenters. The molecular formula is C18H18FN5O2S. The first kappa shape index (κ1) is 18.8. The minimum Gasteiger partial charge on any atom is -0.351 e. The number of halogens is 1. The highest BCUT2D eigenvalue weighted by atomic mass is 32.2. The molecule has 0 spiro atoms. The Bertz CT molecular complexity index is 1010. The summed E-state index contributed by atoms with van der Waals surface area (Å²) < 4.78 is 16.2. The Labute approximate surface area is 159 Å². The van der Waals surface area contributed by atoms with Gasteiger partial charge in [-0.1, -0.05) is 11.8 Å². The van der Waals surface area contributed by atoms with Crippen LogP contribution in [-0.2, 0) is 7.05 Å². The van der Waals surface area contributed by atoms with Crippen LogP contribution in [0, 0.1) is 12.7 Å². The summed E-state index contributed by atoms with van der Waals surface area (Å²) >= 11 is 1.46. The van der Waals surface area contributed by atoms with E-state index < -0.39 is 17.3 Å². The SMILES string of the molecule is Cc1ccn(-c2ccc(F)cc2)c(=O)c1C(=O)NCCSc1nncn1C. The van der Waals surface area contributed by atoms with Crippen molar-refractivity contribution in [2.75, 3.05) is 12.3 Å². The molecule has 0 aliphatic rings. The van der Waals surface area contributed by atoms with Gasteiger partial charge in [-0.3, -0.25) is 14.2 Å². The predicted octanol–water partition coefficient (Wildman–Crippen LogP) is 1.94. The van der Waals surface area contributed by atoms with E-state index in [1.807, 2.05) is 7.05 Å². The summed E-state index contributed by atoms with van der Waals surface area (Å²) in [5.74, 6) is -0.235. The first-order chi connectivity index (χ1) is 13.0. The second-order valence-electron chi connectivity index (χ2n) is 5.85. The molecule has 0 saturated carbocycles. The molecule has 0 saturated heterocycles. The number of nitrogens with one attached hydrogen (secondary N) is 1. The van der Waals surface area contributed by atoms with E-state index in [2.05, 4.69) is 15.5 Å². The molecule has 1 aromatic carbocycles. The third-order valence-electron chi connectivity index (χ3n) is 3.92. The van der Waals surface area contributed by atoms with Crippen LogP contribution in [0.3, 0.4) is 0 Å². The van der Waals surface area contributed by atoms with Crippen molar-refractivity contribution in [1.82, 2.24) is 24.6 Å². The van der Waals surface area contributed by atoms with Gasteiger partial charge in [-0.2, -0.15) is 0 Å². The van der Waals surface area contributed by atoms with Crippen molar-refractivity contribution in [2.24, 2.45) is 7.05 Å². The number of benzene rings is 1. The fourth-order valence-corrected chi connectivity index (χ4v) is 3.25. The summed E-state index contributed by atoms with van der Waals surface area (Å²) in [6, 6.07) is 7.21. The van der Waals surface area contributed by atoms with Gasteiger partial charge in [0, 0.05) is 31.2 Å². The van der Waals surface area contributed by atoms with Gasteiger partial charge in [0.1, 0.15) is 17.7 Å². The number of carbonyl (C=O) groups is 1. The van der Waals surface area contributed by atoms with Gasteiger partial charge in [-0.05, 0) is 42.8 Å². The van der Waals surface area contributed by atoms with Crippen molar-refractivity contribution in [2.45, 2.75) is 12.1 Å². The normalized spacial score (nSPS) is 10.8. The van der Waals surface area contributed by atoms with Crippen molar-refractivity contribution >= 4 is 17.7 Å². The summed E-state index contributed by atoms with van der Waals surface area (Å²) in [7, 11) is 1.84. The average molecular weight is 387 g/mol. The molecule has 3 rings (SSSR count). The molecule has 2 heterocycles. The number of nitrogens with zero attached hydrogens (tertiary/aromatic N) is 4. The van der Waals surface area contributed by atoms with E-state index >= 15 is 0 Å².